The van der Waals surface area contributed by atoms with Crippen LogP contribution < -0.4 is 11.1 Å². The molecule has 2 amide bonds. The molecule has 0 bridgehead atoms. The number of furan rings is 1. The van der Waals surface area contributed by atoms with E-state index in [2.05, 4.69) is 15.5 Å². The van der Waals surface area contributed by atoms with Crippen molar-refractivity contribution in [2.24, 2.45) is 5.73 Å². The Morgan fingerprint density at radius 1 is 1.27 bits per heavy atom. The van der Waals surface area contributed by atoms with Gasteiger partial charge in [0.2, 0.25) is 5.91 Å². The molecule has 1 unspecified atom stereocenters. The molecule has 3 aromatic rings. The number of rotatable bonds is 4. The van der Waals surface area contributed by atoms with Crippen LogP contribution in [0.15, 0.2) is 50.8 Å². The van der Waals surface area contributed by atoms with Crippen molar-refractivity contribution < 1.29 is 14.0 Å². The first kappa shape index (κ1) is 16.5. The van der Waals surface area contributed by atoms with Crippen molar-refractivity contribution in [3.8, 4) is 0 Å². The third kappa shape index (κ3) is 2.99. The van der Waals surface area contributed by atoms with Crippen LogP contribution in [0.2, 0.25) is 0 Å². The fourth-order valence-electron chi connectivity index (χ4n) is 2.99. The summed E-state index contributed by atoms with van der Waals surface area (Å²) in [5.41, 5.74) is 7.37. The predicted octanol–water partition coefficient (Wildman–Crippen LogP) is 3.04. The molecule has 132 valence electrons. The number of carbonyl (C=O) groups is 2. The minimum atomic E-state index is -0.624. The van der Waals surface area contributed by atoms with Crippen molar-refractivity contribution in [3.63, 3.8) is 0 Å². The lowest BCUT2D eigenvalue weighted by Gasteiger charge is -2.20. The maximum atomic E-state index is 12.0. The molecule has 8 heteroatoms. The van der Waals surface area contributed by atoms with Crippen molar-refractivity contribution >= 4 is 29.4 Å². The van der Waals surface area contributed by atoms with Crippen LogP contribution in [0.3, 0.4) is 0 Å². The monoisotopic (exact) mass is 368 g/mol. The van der Waals surface area contributed by atoms with Gasteiger partial charge >= 0.3 is 0 Å². The summed E-state index contributed by atoms with van der Waals surface area (Å²) in [6.07, 6.45) is 0.162. The van der Waals surface area contributed by atoms with Gasteiger partial charge in [0.15, 0.2) is 10.9 Å². The molecule has 0 radical (unpaired) electrons. The van der Waals surface area contributed by atoms with Crippen molar-refractivity contribution in [1.82, 2.24) is 10.2 Å². The summed E-state index contributed by atoms with van der Waals surface area (Å²) in [4.78, 5) is 24.7. The molecular formula is C18H16N4O3S. The molecule has 3 heterocycles. The minimum Gasteiger partial charge on any atom is -0.454 e. The molecule has 4 N–H and O–H groups in total. The van der Waals surface area contributed by atoms with Gasteiger partial charge in [0.05, 0.1) is 5.92 Å². The van der Waals surface area contributed by atoms with Gasteiger partial charge in [0, 0.05) is 16.9 Å². The molecule has 0 saturated heterocycles. The molecule has 1 aliphatic rings. The lowest BCUT2D eigenvalue weighted by molar-refractivity contribution is -0.116. The van der Waals surface area contributed by atoms with Gasteiger partial charge in [-0.1, -0.05) is 29.5 Å². The first-order chi connectivity index (χ1) is 12.5. The molecular weight excluding hydrogens is 352 g/mol. The van der Waals surface area contributed by atoms with E-state index in [9.17, 15) is 9.59 Å². The number of aromatic nitrogens is 2. The Labute approximate surface area is 153 Å². The highest BCUT2D eigenvalue weighted by Gasteiger charge is 2.35. The molecule has 26 heavy (non-hydrogen) atoms. The quantitative estimate of drug-likeness (QED) is 0.655. The van der Waals surface area contributed by atoms with Crippen LogP contribution in [-0.2, 0) is 4.79 Å². The Morgan fingerprint density at radius 2 is 2.04 bits per heavy atom. The lowest BCUT2D eigenvalue weighted by atomic mass is 9.89. The lowest BCUT2D eigenvalue weighted by Crippen LogP contribution is -2.25. The number of amides is 2. The summed E-state index contributed by atoms with van der Waals surface area (Å²) in [6.45, 7) is 2.03. The Bertz CT molecular complexity index is 990. The van der Waals surface area contributed by atoms with Gasteiger partial charge in [-0.25, -0.2) is 0 Å². The number of primary amides is 1. The highest BCUT2D eigenvalue weighted by atomic mass is 32.2. The second-order valence-corrected chi connectivity index (χ2v) is 7.18. The molecule has 4 rings (SSSR count). The van der Waals surface area contributed by atoms with Crippen LogP contribution in [0.5, 0.6) is 0 Å². The van der Waals surface area contributed by atoms with Gasteiger partial charge in [0.1, 0.15) is 11.5 Å². The molecule has 1 aliphatic heterocycles. The number of aromatic amines is 1. The first-order valence-electron chi connectivity index (χ1n) is 8.03. The van der Waals surface area contributed by atoms with E-state index in [1.807, 2.05) is 43.3 Å². The van der Waals surface area contributed by atoms with Crippen LogP contribution in [-0.4, -0.2) is 22.0 Å². The highest BCUT2D eigenvalue weighted by molar-refractivity contribution is 7.99. The topological polar surface area (TPSA) is 114 Å². The van der Waals surface area contributed by atoms with Crippen molar-refractivity contribution in [3.05, 3.63) is 59.0 Å². The van der Waals surface area contributed by atoms with E-state index in [1.165, 1.54) is 17.3 Å². The zero-order valence-corrected chi connectivity index (χ0v) is 14.7. The SMILES string of the molecule is Cc1ccc(Sc2ccc(C3CC(=O)Nc4n[nH]c(C(N)=O)c43)o2)cc1. The van der Waals surface area contributed by atoms with Crippen molar-refractivity contribution in [2.75, 3.05) is 5.32 Å². The van der Waals surface area contributed by atoms with Gasteiger partial charge in [-0.3, -0.25) is 14.7 Å². The molecule has 0 spiro atoms. The largest absolute Gasteiger partial charge is 0.454 e. The zero-order valence-electron chi connectivity index (χ0n) is 13.9. The number of benzene rings is 1. The first-order valence-corrected chi connectivity index (χ1v) is 8.85. The number of nitrogens with zero attached hydrogens (tertiary/aromatic N) is 1. The van der Waals surface area contributed by atoms with E-state index in [1.54, 1.807) is 0 Å². The highest BCUT2D eigenvalue weighted by Crippen LogP contribution is 2.40. The summed E-state index contributed by atoms with van der Waals surface area (Å²) in [6, 6.07) is 11.8. The van der Waals surface area contributed by atoms with Crippen LogP contribution in [0.4, 0.5) is 5.82 Å². The number of fused-ring (bicyclic) bond motifs is 1. The number of carbonyl (C=O) groups excluding carboxylic acids is 2. The summed E-state index contributed by atoms with van der Waals surface area (Å²) in [7, 11) is 0. The number of nitrogens with one attached hydrogen (secondary N) is 2. The number of anilines is 1. The summed E-state index contributed by atoms with van der Waals surface area (Å²) < 4.78 is 5.96. The third-order valence-corrected chi connectivity index (χ3v) is 5.16. The minimum absolute atomic E-state index is 0.162. The van der Waals surface area contributed by atoms with E-state index in [0.29, 0.717) is 22.2 Å². The number of hydrogen-bond donors (Lipinski definition) is 3. The molecule has 0 fully saturated rings. The smallest absolute Gasteiger partial charge is 0.267 e. The zero-order chi connectivity index (χ0) is 18.3. The van der Waals surface area contributed by atoms with Crippen molar-refractivity contribution in [2.45, 2.75) is 29.3 Å². The summed E-state index contributed by atoms with van der Waals surface area (Å²) in [5, 5.41) is 9.94. The van der Waals surface area contributed by atoms with Gasteiger partial charge in [0.25, 0.3) is 5.91 Å². The fraction of sp³-hybridized carbons (Fsp3) is 0.167. The van der Waals surface area contributed by atoms with Gasteiger partial charge < -0.3 is 15.5 Å². The van der Waals surface area contributed by atoms with Crippen LogP contribution in [0.1, 0.15) is 39.7 Å². The van der Waals surface area contributed by atoms with Crippen LogP contribution in [0.25, 0.3) is 0 Å². The Morgan fingerprint density at radius 3 is 2.77 bits per heavy atom. The average Bonchev–Trinajstić information content (AvgIpc) is 3.23. The number of aryl methyl sites for hydroxylation is 1. The second kappa shape index (κ2) is 6.38. The van der Waals surface area contributed by atoms with E-state index >= 15 is 0 Å². The van der Waals surface area contributed by atoms with E-state index < -0.39 is 11.8 Å². The van der Waals surface area contributed by atoms with Crippen molar-refractivity contribution in [1.29, 1.82) is 0 Å². The third-order valence-electron chi connectivity index (χ3n) is 4.23. The van der Waals surface area contributed by atoms with Gasteiger partial charge in [-0.15, -0.1) is 0 Å². The van der Waals surface area contributed by atoms with Gasteiger partial charge in [-0.2, -0.15) is 5.10 Å². The number of nitrogens with two attached hydrogens (primary N) is 1. The maximum Gasteiger partial charge on any atom is 0.267 e. The molecule has 1 atom stereocenters. The molecule has 2 aromatic heterocycles. The molecule has 1 aromatic carbocycles. The van der Waals surface area contributed by atoms with E-state index in [-0.39, 0.29) is 18.0 Å². The standard InChI is InChI=1S/C18H16N4O3S/c1-9-2-4-10(5-3-9)26-14-7-6-12(25-14)11-8-13(23)20-18-15(11)16(17(19)24)21-22-18/h2-7,11H,8H2,1H3,(H2,19,24)(H2,20,21,22,23). The maximum absolute atomic E-state index is 12.0. The Hall–Kier alpha value is -3.00. The Kier molecular flexibility index (Phi) is 4.04. The van der Waals surface area contributed by atoms with Crippen LogP contribution >= 0.6 is 11.8 Å². The van der Waals surface area contributed by atoms with Gasteiger partial charge in [-0.05, 0) is 31.2 Å². The fourth-order valence-corrected chi connectivity index (χ4v) is 3.76. The van der Waals surface area contributed by atoms with Crippen LogP contribution in [0, 0.1) is 6.92 Å². The predicted molar refractivity (Wildman–Crippen MR) is 96.2 cm³/mol. The second-order valence-electron chi connectivity index (χ2n) is 6.10. The van der Waals surface area contributed by atoms with E-state index in [4.69, 9.17) is 10.2 Å². The molecule has 7 nitrogen and oxygen atoms in total. The average molecular weight is 368 g/mol. The normalized spacial score (nSPS) is 16.2. The number of hydrogen-bond acceptors (Lipinski definition) is 5. The Balaban J connectivity index is 1.65. The molecule has 0 aliphatic carbocycles. The summed E-state index contributed by atoms with van der Waals surface area (Å²) in [5.74, 6) is -0.300. The van der Waals surface area contributed by atoms with E-state index in [0.717, 1.165) is 4.90 Å². The number of H-pyrrole nitrogens is 1. The molecule has 0 saturated carbocycles. The summed E-state index contributed by atoms with van der Waals surface area (Å²) >= 11 is 1.49.